The van der Waals surface area contributed by atoms with Gasteiger partial charge < -0.3 is 35.3 Å². The van der Waals surface area contributed by atoms with Crippen molar-refractivity contribution in [2.45, 2.75) is 18.9 Å². The number of nitrogens with one attached hydrogen (secondary N) is 3. The van der Waals surface area contributed by atoms with Gasteiger partial charge >= 0.3 is 0 Å². The van der Waals surface area contributed by atoms with Crippen LogP contribution in [0, 0.1) is 17.6 Å². The van der Waals surface area contributed by atoms with Crippen molar-refractivity contribution in [2.75, 3.05) is 38.6 Å². The van der Waals surface area contributed by atoms with Crippen LogP contribution in [0.25, 0.3) is 11.3 Å². The summed E-state index contributed by atoms with van der Waals surface area (Å²) < 4.78 is 34.9. The van der Waals surface area contributed by atoms with Crippen molar-refractivity contribution in [2.24, 2.45) is 13.0 Å². The summed E-state index contributed by atoms with van der Waals surface area (Å²) in [5, 5.41) is 15.8. The SMILES string of the molecule is COc1ccc(-c2cnc(C(=O)Nc3ccc(C(=O)NC4CCN(C(=O)[C@@H]5CCNC5)C4)c(Cl)c3)n2C)c(F)c1F.O=CO. The predicted molar refractivity (Wildman–Crippen MR) is 157 cm³/mol. The van der Waals surface area contributed by atoms with Gasteiger partial charge in [0.2, 0.25) is 11.7 Å². The number of carboxylic acid groups (broad SMARTS) is 1. The number of hydrogen-bond donors (Lipinski definition) is 4. The number of carbonyl (C=O) groups is 4. The first-order chi connectivity index (χ1) is 21.1. The third-order valence-electron chi connectivity index (χ3n) is 7.45. The molecule has 3 amide bonds. The molecule has 2 aliphatic rings. The van der Waals surface area contributed by atoms with Gasteiger partial charge in [-0.2, -0.15) is 4.39 Å². The van der Waals surface area contributed by atoms with Crippen molar-refractivity contribution in [3.63, 3.8) is 0 Å². The van der Waals surface area contributed by atoms with E-state index in [1.54, 1.807) is 4.90 Å². The van der Waals surface area contributed by atoms with E-state index in [1.165, 1.54) is 55.3 Å². The van der Waals surface area contributed by atoms with Gasteiger partial charge in [0.1, 0.15) is 0 Å². The third-order valence-corrected chi connectivity index (χ3v) is 7.76. The Morgan fingerprint density at radius 3 is 2.57 bits per heavy atom. The van der Waals surface area contributed by atoms with E-state index in [2.05, 4.69) is 20.9 Å². The van der Waals surface area contributed by atoms with Gasteiger partial charge in [0.15, 0.2) is 17.4 Å². The summed E-state index contributed by atoms with van der Waals surface area (Å²) in [7, 11) is 2.73. The van der Waals surface area contributed by atoms with Gasteiger partial charge in [-0.15, -0.1) is 0 Å². The van der Waals surface area contributed by atoms with E-state index < -0.39 is 17.5 Å². The Balaban J connectivity index is 0.00000141. The molecular weight excluding hydrogens is 602 g/mol. The number of anilines is 1. The van der Waals surface area contributed by atoms with E-state index >= 15 is 0 Å². The number of amides is 3. The summed E-state index contributed by atoms with van der Waals surface area (Å²) in [6.07, 6.45) is 2.75. The molecule has 1 unspecified atom stereocenters. The summed E-state index contributed by atoms with van der Waals surface area (Å²) in [6, 6.07) is 6.91. The highest BCUT2D eigenvalue weighted by molar-refractivity contribution is 6.34. The van der Waals surface area contributed by atoms with Gasteiger partial charge in [0.05, 0.1) is 35.5 Å². The van der Waals surface area contributed by atoms with E-state index in [0.717, 1.165) is 13.0 Å². The van der Waals surface area contributed by atoms with E-state index in [0.29, 0.717) is 31.7 Å². The van der Waals surface area contributed by atoms with Gasteiger partial charge in [0.25, 0.3) is 18.3 Å². The second-order valence-electron chi connectivity index (χ2n) is 10.2. The first kappa shape index (κ1) is 32.4. The molecule has 2 saturated heterocycles. The Morgan fingerprint density at radius 1 is 1.16 bits per heavy atom. The number of hydrogen-bond acceptors (Lipinski definition) is 7. The summed E-state index contributed by atoms with van der Waals surface area (Å²) in [4.78, 5) is 52.7. The van der Waals surface area contributed by atoms with E-state index in [9.17, 15) is 23.2 Å². The Labute approximate surface area is 256 Å². The number of imidazole rings is 1. The molecular formula is C29H31ClF2N6O6. The van der Waals surface area contributed by atoms with Gasteiger partial charge in [-0.25, -0.2) is 9.37 Å². The maximum atomic E-state index is 14.6. The number of carbonyl (C=O) groups excluding carboxylic acids is 3. The second kappa shape index (κ2) is 14.3. The lowest BCUT2D eigenvalue weighted by atomic mass is 10.1. The number of aromatic nitrogens is 2. The Morgan fingerprint density at radius 2 is 1.91 bits per heavy atom. The largest absolute Gasteiger partial charge is 0.494 e. The Kier molecular flexibility index (Phi) is 10.5. The number of halogens is 3. The summed E-state index contributed by atoms with van der Waals surface area (Å²) >= 11 is 6.38. The standard InChI is InChI=1S/C28H29ClF2N6O4.CH2O2/c1-36-21(19-5-6-22(41-2)24(31)23(19)30)13-33-25(36)27(39)34-16-3-4-18(20(29)11-16)26(38)35-17-8-10-37(14-17)28(40)15-7-9-32-12-15;2-1-3/h3-6,11,13,15,17,32H,7-10,12,14H2,1-2H3,(H,34,39)(H,35,38);1H,(H,2,3)/t15-,17?;/m1./s1. The maximum Gasteiger partial charge on any atom is 0.291 e. The summed E-state index contributed by atoms with van der Waals surface area (Å²) in [5.41, 5.74) is 0.642. The average molecular weight is 633 g/mol. The van der Waals surface area contributed by atoms with Crippen LogP contribution in [-0.2, 0) is 16.6 Å². The quantitative estimate of drug-likeness (QED) is 0.290. The molecule has 234 valence electrons. The lowest BCUT2D eigenvalue weighted by molar-refractivity contribution is -0.133. The Hall–Kier alpha value is -4.56. The maximum absolute atomic E-state index is 14.6. The molecule has 15 heteroatoms. The van der Waals surface area contributed by atoms with Crippen LogP contribution in [-0.4, -0.2) is 83.1 Å². The van der Waals surface area contributed by atoms with Crippen LogP contribution >= 0.6 is 11.6 Å². The zero-order chi connectivity index (χ0) is 32.0. The van der Waals surface area contributed by atoms with Crippen LogP contribution < -0.4 is 20.7 Å². The molecule has 0 aliphatic carbocycles. The molecule has 44 heavy (non-hydrogen) atoms. The number of nitrogens with zero attached hydrogens (tertiary/aromatic N) is 3. The van der Waals surface area contributed by atoms with E-state index in [1.807, 2.05) is 0 Å². The van der Waals surface area contributed by atoms with E-state index in [-0.39, 0.29) is 63.7 Å². The van der Waals surface area contributed by atoms with Crippen LogP contribution in [0.15, 0.2) is 36.5 Å². The minimum absolute atomic E-state index is 0.00869. The van der Waals surface area contributed by atoms with Crippen molar-refractivity contribution in [3.05, 3.63) is 64.6 Å². The summed E-state index contributed by atoms with van der Waals surface area (Å²) in [6.45, 7) is 2.32. The number of likely N-dealkylation sites (tertiary alicyclic amines) is 1. The fourth-order valence-electron chi connectivity index (χ4n) is 5.19. The van der Waals surface area contributed by atoms with Crippen molar-refractivity contribution in [1.29, 1.82) is 0 Å². The van der Waals surface area contributed by atoms with Crippen LogP contribution in [0.5, 0.6) is 5.75 Å². The van der Waals surface area contributed by atoms with Gasteiger partial charge in [-0.3, -0.25) is 19.2 Å². The fraction of sp³-hybridized carbons (Fsp3) is 0.345. The monoisotopic (exact) mass is 632 g/mol. The lowest BCUT2D eigenvalue weighted by Crippen LogP contribution is -2.40. The lowest BCUT2D eigenvalue weighted by Gasteiger charge is -2.20. The highest BCUT2D eigenvalue weighted by atomic mass is 35.5. The van der Waals surface area contributed by atoms with Crippen LogP contribution in [0.1, 0.15) is 33.8 Å². The Bertz CT molecular complexity index is 1560. The zero-order valence-corrected chi connectivity index (χ0v) is 24.7. The first-order valence-corrected chi connectivity index (χ1v) is 14.0. The van der Waals surface area contributed by atoms with Gasteiger partial charge in [-0.05, 0) is 49.7 Å². The first-order valence-electron chi connectivity index (χ1n) is 13.6. The highest BCUT2D eigenvalue weighted by Gasteiger charge is 2.33. The van der Waals surface area contributed by atoms with Crippen molar-refractivity contribution >= 4 is 41.5 Å². The number of ether oxygens (including phenoxy) is 1. The van der Waals surface area contributed by atoms with Crippen molar-refractivity contribution in [3.8, 4) is 17.0 Å². The highest BCUT2D eigenvalue weighted by Crippen LogP contribution is 2.30. The van der Waals surface area contributed by atoms with E-state index in [4.69, 9.17) is 26.2 Å². The molecule has 2 aromatic carbocycles. The average Bonchev–Trinajstić information content (AvgIpc) is 3.77. The number of methoxy groups -OCH3 is 1. The van der Waals surface area contributed by atoms with Crippen molar-refractivity contribution in [1.82, 2.24) is 25.1 Å². The van der Waals surface area contributed by atoms with Gasteiger partial charge in [-0.1, -0.05) is 11.6 Å². The normalized spacial score (nSPS) is 17.4. The molecule has 0 bridgehead atoms. The molecule has 12 nitrogen and oxygen atoms in total. The molecule has 3 heterocycles. The minimum atomic E-state index is -1.14. The molecule has 5 rings (SSSR count). The van der Waals surface area contributed by atoms with Gasteiger partial charge in [0, 0.05) is 44.0 Å². The molecule has 0 radical (unpaired) electrons. The topological polar surface area (TPSA) is 155 Å². The van der Waals surface area contributed by atoms with Crippen molar-refractivity contribution < 1.29 is 37.8 Å². The number of rotatable bonds is 7. The molecule has 2 aliphatic heterocycles. The van der Waals surface area contributed by atoms with Crippen LogP contribution in [0.4, 0.5) is 14.5 Å². The smallest absolute Gasteiger partial charge is 0.291 e. The molecule has 4 N–H and O–H groups in total. The van der Waals surface area contributed by atoms with Crippen LogP contribution in [0.2, 0.25) is 5.02 Å². The fourth-order valence-corrected chi connectivity index (χ4v) is 5.45. The molecule has 0 spiro atoms. The second-order valence-corrected chi connectivity index (χ2v) is 10.6. The predicted octanol–water partition coefficient (Wildman–Crippen LogP) is 2.92. The molecule has 2 atom stereocenters. The molecule has 0 saturated carbocycles. The minimum Gasteiger partial charge on any atom is -0.494 e. The summed E-state index contributed by atoms with van der Waals surface area (Å²) in [5.74, 6) is -3.44. The third kappa shape index (κ3) is 6.97. The zero-order valence-electron chi connectivity index (χ0n) is 23.9. The number of benzene rings is 2. The van der Waals surface area contributed by atoms with Crippen LogP contribution in [0.3, 0.4) is 0 Å². The molecule has 1 aromatic heterocycles. The molecule has 3 aromatic rings. The molecule has 2 fully saturated rings.